The maximum Gasteiger partial charge on any atom is 0.270 e. The zero-order valence-electron chi connectivity index (χ0n) is 14.4. The molecule has 134 valence electrons. The standard InChI is InChI=1S/C19H18FN3O3/c1-3-16(25-15-9-7-14(20)8-10-15)17(24)21-19-22-18(26-23-19)13-6-4-5-12(2)11-13/h4-11,16H,3H2,1-2H3,(H,21,23,24). The molecule has 1 amide bonds. The van der Waals surface area contributed by atoms with Gasteiger partial charge in [-0.15, -0.1) is 0 Å². The first-order chi connectivity index (χ1) is 12.5. The van der Waals surface area contributed by atoms with Crippen LogP contribution >= 0.6 is 0 Å². The lowest BCUT2D eigenvalue weighted by molar-refractivity contribution is -0.122. The van der Waals surface area contributed by atoms with Crippen molar-refractivity contribution in [1.82, 2.24) is 10.1 Å². The van der Waals surface area contributed by atoms with Crippen LogP contribution in [0.25, 0.3) is 11.5 Å². The molecule has 26 heavy (non-hydrogen) atoms. The van der Waals surface area contributed by atoms with E-state index in [4.69, 9.17) is 9.26 Å². The quantitative estimate of drug-likeness (QED) is 0.724. The van der Waals surface area contributed by atoms with Crippen LogP contribution in [-0.2, 0) is 4.79 Å². The smallest absolute Gasteiger partial charge is 0.270 e. The maximum atomic E-state index is 13.0. The second kappa shape index (κ2) is 7.77. The number of anilines is 1. The third-order valence-electron chi connectivity index (χ3n) is 3.68. The van der Waals surface area contributed by atoms with Gasteiger partial charge in [0.1, 0.15) is 11.6 Å². The van der Waals surface area contributed by atoms with Crippen LogP contribution in [-0.4, -0.2) is 22.2 Å². The van der Waals surface area contributed by atoms with Gasteiger partial charge in [-0.1, -0.05) is 24.6 Å². The van der Waals surface area contributed by atoms with Gasteiger partial charge >= 0.3 is 0 Å². The average molecular weight is 355 g/mol. The average Bonchev–Trinajstić information content (AvgIpc) is 3.09. The molecular weight excluding hydrogens is 337 g/mol. The summed E-state index contributed by atoms with van der Waals surface area (Å²) in [6.07, 6.45) is -0.340. The van der Waals surface area contributed by atoms with E-state index in [0.29, 0.717) is 18.1 Å². The molecule has 0 aliphatic rings. The Kier molecular flexibility index (Phi) is 5.26. The molecule has 3 rings (SSSR count). The molecule has 1 aromatic heterocycles. The zero-order valence-corrected chi connectivity index (χ0v) is 14.4. The van der Waals surface area contributed by atoms with Crippen molar-refractivity contribution in [3.8, 4) is 17.2 Å². The van der Waals surface area contributed by atoms with Crippen molar-refractivity contribution in [2.75, 3.05) is 5.32 Å². The molecule has 7 heteroatoms. The first-order valence-corrected chi connectivity index (χ1v) is 8.19. The van der Waals surface area contributed by atoms with Crippen molar-refractivity contribution in [2.45, 2.75) is 26.4 Å². The molecule has 0 saturated heterocycles. The van der Waals surface area contributed by atoms with Crippen molar-refractivity contribution in [3.05, 3.63) is 59.9 Å². The van der Waals surface area contributed by atoms with Crippen molar-refractivity contribution in [1.29, 1.82) is 0 Å². The number of hydrogen-bond acceptors (Lipinski definition) is 5. The molecule has 2 aromatic carbocycles. The van der Waals surface area contributed by atoms with Crippen molar-refractivity contribution >= 4 is 11.9 Å². The number of aromatic nitrogens is 2. The number of benzene rings is 2. The van der Waals surface area contributed by atoms with Gasteiger partial charge in [-0.25, -0.2) is 4.39 Å². The Balaban J connectivity index is 1.67. The molecule has 0 saturated carbocycles. The number of nitrogens with one attached hydrogen (secondary N) is 1. The van der Waals surface area contributed by atoms with Crippen molar-refractivity contribution < 1.29 is 18.4 Å². The van der Waals surface area contributed by atoms with Crippen LogP contribution in [0.3, 0.4) is 0 Å². The van der Waals surface area contributed by atoms with E-state index >= 15 is 0 Å². The van der Waals surface area contributed by atoms with Crippen LogP contribution < -0.4 is 10.1 Å². The summed E-state index contributed by atoms with van der Waals surface area (Å²) >= 11 is 0. The molecule has 1 atom stereocenters. The second-order valence-electron chi connectivity index (χ2n) is 5.75. The molecule has 1 heterocycles. The minimum absolute atomic E-state index is 0.0627. The number of hydrogen-bond donors (Lipinski definition) is 1. The summed E-state index contributed by atoms with van der Waals surface area (Å²) in [7, 11) is 0. The minimum atomic E-state index is -0.763. The van der Waals surface area contributed by atoms with Crippen LogP contribution in [0.5, 0.6) is 5.75 Å². The topological polar surface area (TPSA) is 77.2 Å². The van der Waals surface area contributed by atoms with Gasteiger partial charge in [0, 0.05) is 5.56 Å². The van der Waals surface area contributed by atoms with E-state index in [2.05, 4.69) is 15.5 Å². The molecule has 1 N–H and O–H groups in total. The predicted molar refractivity (Wildman–Crippen MR) is 94.2 cm³/mol. The fourth-order valence-electron chi connectivity index (χ4n) is 2.36. The van der Waals surface area contributed by atoms with Gasteiger partial charge in [0.2, 0.25) is 0 Å². The Labute approximate surface area is 150 Å². The summed E-state index contributed by atoms with van der Waals surface area (Å²) in [5.74, 6) is 0.00451. The van der Waals surface area contributed by atoms with Crippen LogP contribution in [0.1, 0.15) is 18.9 Å². The summed E-state index contributed by atoms with van der Waals surface area (Å²) in [5.41, 5.74) is 1.83. The van der Waals surface area contributed by atoms with Gasteiger partial charge in [0.05, 0.1) is 0 Å². The molecule has 0 spiro atoms. The zero-order chi connectivity index (χ0) is 18.5. The number of rotatable bonds is 6. The summed E-state index contributed by atoms with van der Waals surface area (Å²) in [6.45, 7) is 3.77. The Bertz CT molecular complexity index is 893. The fourth-order valence-corrected chi connectivity index (χ4v) is 2.36. The van der Waals surface area contributed by atoms with Gasteiger partial charge in [0.15, 0.2) is 6.10 Å². The molecule has 0 bridgehead atoms. The second-order valence-corrected chi connectivity index (χ2v) is 5.75. The number of nitrogens with zero attached hydrogens (tertiary/aromatic N) is 2. The van der Waals surface area contributed by atoms with Crippen molar-refractivity contribution in [2.24, 2.45) is 0 Å². The highest BCUT2D eigenvalue weighted by Crippen LogP contribution is 2.20. The van der Waals surface area contributed by atoms with Gasteiger partial charge in [0.25, 0.3) is 17.7 Å². The third-order valence-corrected chi connectivity index (χ3v) is 3.68. The van der Waals surface area contributed by atoms with Crippen LogP contribution in [0.2, 0.25) is 0 Å². The van der Waals surface area contributed by atoms with E-state index in [1.807, 2.05) is 38.1 Å². The van der Waals surface area contributed by atoms with Gasteiger partial charge in [-0.3, -0.25) is 10.1 Å². The number of aryl methyl sites for hydroxylation is 1. The molecule has 0 fully saturated rings. The summed E-state index contributed by atoms with van der Waals surface area (Å²) in [5, 5.41) is 6.35. The highest BCUT2D eigenvalue weighted by molar-refractivity contribution is 5.92. The normalized spacial score (nSPS) is 11.8. The molecule has 6 nitrogen and oxygen atoms in total. The SMILES string of the molecule is CCC(Oc1ccc(F)cc1)C(=O)Nc1noc(-c2cccc(C)c2)n1. The van der Waals surface area contributed by atoms with E-state index < -0.39 is 12.0 Å². The molecular formula is C19H18FN3O3. The van der Waals surface area contributed by atoms with Crippen LogP contribution in [0, 0.1) is 12.7 Å². The maximum absolute atomic E-state index is 13.0. The van der Waals surface area contributed by atoms with E-state index in [1.54, 1.807) is 0 Å². The van der Waals surface area contributed by atoms with E-state index in [9.17, 15) is 9.18 Å². The number of amides is 1. The van der Waals surface area contributed by atoms with Crippen LogP contribution in [0.15, 0.2) is 53.1 Å². The lowest BCUT2D eigenvalue weighted by Crippen LogP contribution is -2.32. The first-order valence-electron chi connectivity index (χ1n) is 8.19. The number of carbonyl (C=O) groups is 1. The first kappa shape index (κ1) is 17.6. The third kappa shape index (κ3) is 4.24. The lowest BCUT2D eigenvalue weighted by Gasteiger charge is -2.15. The summed E-state index contributed by atoms with van der Waals surface area (Å²) in [6, 6.07) is 13.1. The Morgan fingerprint density at radius 3 is 2.73 bits per heavy atom. The Hall–Kier alpha value is -3.22. The summed E-state index contributed by atoms with van der Waals surface area (Å²) in [4.78, 5) is 16.6. The Morgan fingerprint density at radius 1 is 1.27 bits per heavy atom. The minimum Gasteiger partial charge on any atom is -0.481 e. The fraction of sp³-hybridized carbons (Fsp3) is 0.211. The number of ether oxygens (including phenoxy) is 1. The molecule has 1 unspecified atom stereocenters. The van der Waals surface area contributed by atoms with Gasteiger partial charge < -0.3 is 9.26 Å². The van der Waals surface area contributed by atoms with Crippen molar-refractivity contribution in [3.63, 3.8) is 0 Å². The lowest BCUT2D eigenvalue weighted by atomic mass is 10.1. The highest BCUT2D eigenvalue weighted by Gasteiger charge is 2.21. The van der Waals surface area contributed by atoms with Gasteiger partial charge in [-0.05, 0) is 54.9 Å². The van der Waals surface area contributed by atoms with E-state index in [1.165, 1.54) is 24.3 Å². The molecule has 0 aliphatic carbocycles. The number of halogens is 1. The summed E-state index contributed by atoms with van der Waals surface area (Å²) < 4.78 is 23.7. The van der Waals surface area contributed by atoms with E-state index in [0.717, 1.165) is 11.1 Å². The number of carbonyl (C=O) groups excluding carboxylic acids is 1. The predicted octanol–water partition coefficient (Wildman–Crippen LogP) is 3.98. The van der Waals surface area contributed by atoms with E-state index in [-0.39, 0.29) is 11.8 Å². The van der Waals surface area contributed by atoms with Gasteiger partial charge in [-0.2, -0.15) is 4.98 Å². The molecule has 0 radical (unpaired) electrons. The Morgan fingerprint density at radius 2 is 2.04 bits per heavy atom. The monoisotopic (exact) mass is 355 g/mol. The largest absolute Gasteiger partial charge is 0.481 e. The molecule has 3 aromatic rings. The molecule has 0 aliphatic heterocycles. The van der Waals surface area contributed by atoms with Crippen LogP contribution in [0.4, 0.5) is 10.3 Å². The highest BCUT2D eigenvalue weighted by atomic mass is 19.1.